The molecule has 0 spiro atoms. The van der Waals surface area contributed by atoms with Gasteiger partial charge in [0.1, 0.15) is 5.75 Å². The van der Waals surface area contributed by atoms with Crippen LogP contribution in [0.4, 0.5) is 11.4 Å². The molecule has 0 aliphatic carbocycles. The number of hydrazone groups is 1. The van der Waals surface area contributed by atoms with Crippen molar-refractivity contribution in [2.24, 2.45) is 5.10 Å². The first-order valence-electron chi connectivity index (χ1n) is 9.69. The van der Waals surface area contributed by atoms with Gasteiger partial charge in [-0.2, -0.15) is 5.10 Å². The summed E-state index contributed by atoms with van der Waals surface area (Å²) in [6, 6.07) is 26.0. The van der Waals surface area contributed by atoms with Crippen LogP contribution >= 0.6 is 0 Å². The first kappa shape index (κ1) is 19.5. The minimum Gasteiger partial charge on any atom is -0.507 e. The summed E-state index contributed by atoms with van der Waals surface area (Å²) in [5.41, 5.74) is 3.89. The molecule has 0 saturated heterocycles. The number of nitrogens with zero attached hydrogens (tertiary/aromatic N) is 3. The molecule has 1 N–H and O–H groups in total. The van der Waals surface area contributed by atoms with E-state index in [4.69, 9.17) is 0 Å². The normalized spacial score (nSPS) is 10.9. The Morgan fingerprint density at radius 3 is 2.07 bits per heavy atom. The molecule has 0 amide bonds. The summed E-state index contributed by atoms with van der Waals surface area (Å²) < 4.78 is 0. The minimum atomic E-state index is 0.237. The number of hydrogen-bond donors (Lipinski definition) is 1. The lowest BCUT2D eigenvalue weighted by Crippen LogP contribution is -2.21. The van der Waals surface area contributed by atoms with Gasteiger partial charge in [-0.15, -0.1) is 0 Å². The van der Waals surface area contributed by atoms with Crippen molar-refractivity contribution in [2.45, 2.75) is 20.4 Å². The molecule has 3 rings (SSSR count). The predicted molar refractivity (Wildman–Crippen MR) is 118 cm³/mol. The number of aromatic hydroxyl groups is 1. The second-order valence-corrected chi connectivity index (χ2v) is 6.54. The predicted octanol–water partition coefficient (Wildman–Crippen LogP) is 5.28. The molecule has 0 unspecified atom stereocenters. The summed E-state index contributed by atoms with van der Waals surface area (Å²) in [4.78, 5) is 2.20. The van der Waals surface area contributed by atoms with Crippen molar-refractivity contribution in [1.29, 1.82) is 0 Å². The molecule has 0 atom stereocenters. The van der Waals surface area contributed by atoms with Gasteiger partial charge in [-0.25, -0.2) is 0 Å². The van der Waals surface area contributed by atoms with Crippen LogP contribution in [0.2, 0.25) is 0 Å². The molecular formula is C24H27N3O. The second kappa shape index (κ2) is 9.60. The molecule has 0 aliphatic rings. The number of phenols is 1. The van der Waals surface area contributed by atoms with E-state index in [1.54, 1.807) is 12.3 Å². The van der Waals surface area contributed by atoms with E-state index in [1.165, 1.54) is 5.56 Å². The maximum absolute atomic E-state index is 10.5. The molecule has 28 heavy (non-hydrogen) atoms. The molecule has 0 fully saturated rings. The van der Waals surface area contributed by atoms with Crippen molar-refractivity contribution in [3.8, 4) is 5.75 Å². The molecule has 0 aliphatic heterocycles. The molecular weight excluding hydrogens is 346 g/mol. The zero-order chi connectivity index (χ0) is 19.8. The summed E-state index contributed by atoms with van der Waals surface area (Å²) in [5.74, 6) is 0.237. The summed E-state index contributed by atoms with van der Waals surface area (Å²) in [5, 5.41) is 17.1. The number of para-hydroxylation sites is 1. The van der Waals surface area contributed by atoms with Crippen LogP contribution in [0.3, 0.4) is 0 Å². The van der Waals surface area contributed by atoms with E-state index in [-0.39, 0.29) is 5.75 Å². The highest BCUT2D eigenvalue weighted by Gasteiger charge is 2.08. The molecule has 3 aromatic rings. The number of hydrogen-bond acceptors (Lipinski definition) is 4. The van der Waals surface area contributed by atoms with Crippen molar-refractivity contribution in [2.75, 3.05) is 23.0 Å². The molecule has 0 saturated carbocycles. The van der Waals surface area contributed by atoms with Crippen molar-refractivity contribution in [3.05, 3.63) is 90.0 Å². The summed E-state index contributed by atoms with van der Waals surface area (Å²) in [6.07, 6.45) is 1.72. The quantitative estimate of drug-likeness (QED) is 0.431. The Labute approximate surface area is 167 Å². The van der Waals surface area contributed by atoms with Gasteiger partial charge in [0.25, 0.3) is 0 Å². The van der Waals surface area contributed by atoms with E-state index >= 15 is 0 Å². The van der Waals surface area contributed by atoms with Crippen molar-refractivity contribution < 1.29 is 5.11 Å². The average Bonchev–Trinajstić information content (AvgIpc) is 2.74. The van der Waals surface area contributed by atoms with E-state index in [0.29, 0.717) is 12.1 Å². The molecule has 0 aromatic heterocycles. The molecule has 144 valence electrons. The van der Waals surface area contributed by atoms with Gasteiger partial charge in [0.05, 0.1) is 18.4 Å². The monoisotopic (exact) mass is 373 g/mol. The Kier molecular flexibility index (Phi) is 6.68. The van der Waals surface area contributed by atoms with Gasteiger partial charge in [-0.3, -0.25) is 5.01 Å². The van der Waals surface area contributed by atoms with Crippen LogP contribution < -0.4 is 9.91 Å². The number of benzene rings is 3. The zero-order valence-electron chi connectivity index (χ0n) is 16.5. The lowest BCUT2D eigenvalue weighted by molar-refractivity contribution is 0.474. The lowest BCUT2D eigenvalue weighted by Gasteiger charge is -2.21. The summed E-state index contributed by atoms with van der Waals surface area (Å²) >= 11 is 0. The molecule has 4 nitrogen and oxygen atoms in total. The third-order valence-electron chi connectivity index (χ3n) is 4.71. The summed E-state index contributed by atoms with van der Waals surface area (Å²) in [6.45, 7) is 6.68. The van der Waals surface area contributed by atoms with Crippen LogP contribution in [0.25, 0.3) is 0 Å². The fourth-order valence-electron chi connectivity index (χ4n) is 3.11. The van der Waals surface area contributed by atoms with Crippen molar-refractivity contribution >= 4 is 17.6 Å². The zero-order valence-corrected chi connectivity index (χ0v) is 16.5. The average molecular weight is 374 g/mol. The van der Waals surface area contributed by atoms with Gasteiger partial charge in [0, 0.05) is 30.4 Å². The Bertz CT molecular complexity index is 890. The molecule has 4 heteroatoms. The van der Waals surface area contributed by atoms with E-state index in [1.807, 2.05) is 65.7 Å². The largest absolute Gasteiger partial charge is 0.507 e. The molecule has 3 aromatic carbocycles. The van der Waals surface area contributed by atoms with Crippen LogP contribution in [0, 0.1) is 0 Å². The SMILES string of the molecule is CCN(CC)c1ccc(C=NN(Cc2ccccc2)c2ccccc2)c(O)c1. The van der Waals surface area contributed by atoms with E-state index < -0.39 is 0 Å². The number of rotatable bonds is 8. The molecule has 0 bridgehead atoms. The Balaban J connectivity index is 1.85. The van der Waals surface area contributed by atoms with Crippen LogP contribution in [-0.2, 0) is 6.54 Å². The maximum Gasteiger partial charge on any atom is 0.126 e. The fraction of sp³-hybridized carbons (Fsp3) is 0.208. The minimum absolute atomic E-state index is 0.237. The van der Waals surface area contributed by atoms with E-state index in [9.17, 15) is 5.11 Å². The first-order chi connectivity index (χ1) is 13.7. The van der Waals surface area contributed by atoms with E-state index in [0.717, 1.165) is 24.5 Å². The fourth-order valence-corrected chi connectivity index (χ4v) is 3.11. The van der Waals surface area contributed by atoms with Crippen LogP contribution in [0.1, 0.15) is 25.0 Å². The summed E-state index contributed by atoms with van der Waals surface area (Å²) in [7, 11) is 0. The maximum atomic E-state index is 10.5. The van der Waals surface area contributed by atoms with Gasteiger partial charge in [0.2, 0.25) is 0 Å². The van der Waals surface area contributed by atoms with Gasteiger partial charge in [0.15, 0.2) is 0 Å². The number of phenolic OH excluding ortho intramolecular Hbond substituents is 1. The number of anilines is 2. The second-order valence-electron chi connectivity index (χ2n) is 6.54. The van der Waals surface area contributed by atoms with Crippen molar-refractivity contribution in [1.82, 2.24) is 0 Å². The lowest BCUT2D eigenvalue weighted by atomic mass is 10.2. The first-order valence-corrected chi connectivity index (χ1v) is 9.69. The highest BCUT2D eigenvalue weighted by molar-refractivity contribution is 5.85. The Hall–Kier alpha value is -3.27. The molecule has 0 heterocycles. The highest BCUT2D eigenvalue weighted by atomic mass is 16.3. The Morgan fingerprint density at radius 1 is 0.821 bits per heavy atom. The van der Waals surface area contributed by atoms with Crippen LogP contribution in [0.5, 0.6) is 5.75 Å². The highest BCUT2D eigenvalue weighted by Crippen LogP contribution is 2.24. The van der Waals surface area contributed by atoms with Gasteiger partial charge < -0.3 is 10.0 Å². The van der Waals surface area contributed by atoms with Crippen molar-refractivity contribution in [3.63, 3.8) is 0 Å². The van der Waals surface area contributed by atoms with Crippen LogP contribution in [0.15, 0.2) is 84.0 Å². The smallest absolute Gasteiger partial charge is 0.126 e. The molecule has 0 radical (unpaired) electrons. The van der Waals surface area contributed by atoms with Crippen LogP contribution in [-0.4, -0.2) is 24.4 Å². The van der Waals surface area contributed by atoms with E-state index in [2.05, 4.69) is 36.0 Å². The van der Waals surface area contributed by atoms with Gasteiger partial charge >= 0.3 is 0 Å². The standard InChI is InChI=1S/C24H27N3O/c1-3-26(4-2)23-16-15-21(24(28)17-23)18-25-27(22-13-9-6-10-14-22)19-20-11-7-5-8-12-20/h5-18,28H,3-4,19H2,1-2H3. The Morgan fingerprint density at radius 2 is 1.46 bits per heavy atom. The third-order valence-corrected chi connectivity index (χ3v) is 4.71. The van der Waals surface area contributed by atoms with Gasteiger partial charge in [-0.1, -0.05) is 48.5 Å². The third kappa shape index (κ3) is 4.92. The van der Waals surface area contributed by atoms with Gasteiger partial charge in [-0.05, 0) is 43.7 Å². The topological polar surface area (TPSA) is 39.1 Å².